The Labute approximate surface area is 84.6 Å². The van der Waals surface area contributed by atoms with Gasteiger partial charge in [0.2, 0.25) is 0 Å². The molecule has 0 bridgehead atoms. The summed E-state index contributed by atoms with van der Waals surface area (Å²) in [5.74, 6) is 1.36. The van der Waals surface area contributed by atoms with Crippen molar-refractivity contribution in [2.24, 2.45) is 0 Å². The van der Waals surface area contributed by atoms with Gasteiger partial charge in [-0.25, -0.2) is 10.9 Å². The van der Waals surface area contributed by atoms with Crippen molar-refractivity contribution < 1.29 is 0 Å². The molecule has 2 aliphatic rings. The first kappa shape index (κ1) is 9.81. The van der Waals surface area contributed by atoms with Crippen LogP contribution in [0, 0.1) is 0 Å². The van der Waals surface area contributed by atoms with E-state index in [0.717, 1.165) is 6.04 Å². The quantitative estimate of drug-likeness (QED) is 0.667. The van der Waals surface area contributed by atoms with Crippen LogP contribution in [0.4, 0.5) is 0 Å². The maximum Gasteiger partial charge on any atom is 0.0263 e. The van der Waals surface area contributed by atoms with E-state index in [4.69, 9.17) is 0 Å². The SMILES string of the molecule is C[SH](C)CN1CCN2CCC[C@@H]2C1. The van der Waals surface area contributed by atoms with Gasteiger partial charge in [0.15, 0.2) is 0 Å². The van der Waals surface area contributed by atoms with E-state index in [0.29, 0.717) is 0 Å². The van der Waals surface area contributed by atoms with Gasteiger partial charge in [-0.3, -0.25) is 9.80 Å². The normalized spacial score (nSPS) is 31.8. The van der Waals surface area contributed by atoms with Gasteiger partial charge >= 0.3 is 0 Å². The molecule has 2 nitrogen and oxygen atoms in total. The standard InChI is InChI=1S/C10H22N2S/c1-13(2)9-11-6-7-12-5-3-4-10(12)8-11/h10,13H,3-9H2,1-2H3/t10-/m1/s1. The first-order valence-electron chi connectivity index (χ1n) is 5.37. The topological polar surface area (TPSA) is 6.48 Å². The lowest BCUT2D eigenvalue weighted by Gasteiger charge is -2.38. The van der Waals surface area contributed by atoms with Crippen molar-refractivity contribution in [2.45, 2.75) is 18.9 Å². The number of hydrogen-bond donors (Lipinski definition) is 1. The molecule has 0 radical (unpaired) electrons. The first-order chi connectivity index (χ1) is 6.25. The Hall–Kier alpha value is 0.270. The van der Waals surface area contributed by atoms with Crippen LogP contribution >= 0.6 is 10.9 Å². The number of hydrogen-bond acceptors (Lipinski definition) is 2. The fourth-order valence-corrected chi connectivity index (χ4v) is 3.64. The maximum atomic E-state index is 2.68. The van der Waals surface area contributed by atoms with Gasteiger partial charge in [0.05, 0.1) is 0 Å². The molecule has 2 rings (SSSR count). The third kappa shape index (κ3) is 2.39. The molecule has 13 heavy (non-hydrogen) atoms. The number of piperazine rings is 1. The summed E-state index contributed by atoms with van der Waals surface area (Å²) in [5.41, 5.74) is 0. The van der Waals surface area contributed by atoms with E-state index in [-0.39, 0.29) is 10.9 Å². The van der Waals surface area contributed by atoms with Crippen molar-refractivity contribution in [1.29, 1.82) is 0 Å². The summed E-state index contributed by atoms with van der Waals surface area (Å²) in [6.45, 7) is 5.36. The van der Waals surface area contributed by atoms with Crippen LogP contribution < -0.4 is 0 Å². The van der Waals surface area contributed by atoms with E-state index in [1.54, 1.807) is 0 Å². The van der Waals surface area contributed by atoms with E-state index in [1.807, 2.05) is 0 Å². The summed E-state index contributed by atoms with van der Waals surface area (Å²) < 4.78 is 0. The van der Waals surface area contributed by atoms with E-state index in [9.17, 15) is 0 Å². The maximum absolute atomic E-state index is 2.68. The zero-order valence-electron chi connectivity index (χ0n) is 8.87. The van der Waals surface area contributed by atoms with Gasteiger partial charge in [0.25, 0.3) is 0 Å². The number of nitrogens with zero attached hydrogens (tertiary/aromatic N) is 2. The van der Waals surface area contributed by atoms with Crippen molar-refractivity contribution in [3.05, 3.63) is 0 Å². The molecule has 0 aliphatic carbocycles. The summed E-state index contributed by atoms with van der Waals surface area (Å²) in [6.07, 6.45) is 7.65. The van der Waals surface area contributed by atoms with Crippen LogP contribution in [0.2, 0.25) is 0 Å². The van der Waals surface area contributed by atoms with Gasteiger partial charge < -0.3 is 0 Å². The van der Waals surface area contributed by atoms with Gasteiger partial charge in [-0.15, -0.1) is 0 Å². The van der Waals surface area contributed by atoms with Gasteiger partial charge in [0, 0.05) is 31.6 Å². The zero-order valence-corrected chi connectivity index (χ0v) is 9.76. The minimum atomic E-state index is 0.266. The largest absolute Gasteiger partial charge is 0.298 e. The molecule has 0 aromatic carbocycles. The monoisotopic (exact) mass is 202 g/mol. The zero-order chi connectivity index (χ0) is 9.26. The predicted octanol–water partition coefficient (Wildman–Crippen LogP) is 0.985. The average Bonchev–Trinajstić information content (AvgIpc) is 2.49. The minimum Gasteiger partial charge on any atom is -0.298 e. The Kier molecular flexibility index (Phi) is 3.17. The van der Waals surface area contributed by atoms with Crippen molar-refractivity contribution in [1.82, 2.24) is 9.80 Å². The van der Waals surface area contributed by atoms with Gasteiger partial charge in [-0.2, -0.15) is 0 Å². The number of thiol groups is 1. The van der Waals surface area contributed by atoms with Crippen LogP contribution in [-0.4, -0.2) is 60.4 Å². The molecule has 1 atom stereocenters. The van der Waals surface area contributed by atoms with E-state index in [2.05, 4.69) is 22.3 Å². The molecule has 3 heteroatoms. The van der Waals surface area contributed by atoms with Crippen molar-refractivity contribution in [3.63, 3.8) is 0 Å². The third-order valence-corrected chi connectivity index (χ3v) is 4.12. The van der Waals surface area contributed by atoms with Gasteiger partial charge in [-0.1, -0.05) is 0 Å². The van der Waals surface area contributed by atoms with E-state index >= 15 is 0 Å². The molecule has 0 N–H and O–H groups in total. The second-order valence-corrected chi connectivity index (χ2v) is 7.07. The van der Waals surface area contributed by atoms with Crippen molar-refractivity contribution in [2.75, 3.05) is 44.6 Å². The molecule has 2 heterocycles. The van der Waals surface area contributed by atoms with Crippen LogP contribution in [0.3, 0.4) is 0 Å². The fraction of sp³-hybridized carbons (Fsp3) is 1.00. The Morgan fingerprint density at radius 2 is 2.08 bits per heavy atom. The highest BCUT2D eigenvalue weighted by molar-refractivity contribution is 8.15. The van der Waals surface area contributed by atoms with Gasteiger partial charge in [-0.05, 0) is 31.9 Å². The molecule has 2 fully saturated rings. The highest BCUT2D eigenvalue weighted by atomic mass is 32.2. The summed E-state index contributed by atoms with van der Waals surface area (Å²) in [4.78, 5) is 5.36. The second-order valence-electron chi connectivity index (χ2n) is 4.63. The third-order valence-electron chi connectivity index (χ3n) is 3.15. The first-order valence-corrected chi connectivity index (χ1v) is 7.79. The highest BCUT2D eigenvalue weighted by Gasteiger charge is 2.30. The van der Waals surface area contributed by atoms with Gasteiger partial charge in [0.1, 0.15) is 0 Å². The smallest absolute Gasteiger partial charge is 0.0263 e. The average molecular weight is 202 g/mol. The molecule has 0 spiro atoms. The molecule has 0 amide bonds. The molecule has 0 unspecified atom stereocenters. The van der Waals surface area contributed by atoms with Crippen molar-refractivity contribution in [3.8, 4) is 0 Å². The van der Waals surface area contributed by atoms with Crippen LogP contribution in [0.5, 0.6) is 0 Å². The summed E-state index contributed by atoms with van der Waals surface area (Å²) >= 11 is 0. The van der Waals surface area contributed by atoms with E-state index < -0.39 is 0 Å². The summed E-state index contributed by atoms with van der Waals surface area (Å²) in [6, 6.07) is 0.906. The number of fused-ring (bicyclic) bond motifs is 1. The Morgan fingerprint density at radius 1 is 1.23 bits per heavy atom. The highest BCUT2D eigenvalue weighted by Crippen LogP contribution is 2.24. The van der Waals surface area contributed by atoms with Crippen molar-refractivity contribution >= 4 is 10.9 Å². The van der Waals surface area contributed by atoms with Crippen LogP contribution in [0.1, 0.15) is 12.8 Å². The minimum absolute atomic E-state index is 0.266. The Bertz CT molecular complexity index is 172. The molecule has 0 saturated carbocycles. The van der Waals surface area contributed by atoms with Crippen LogP contribution in [-0.2, 0) is 0 Å². The van der Waals surface area contributed by atoms with E-state index in [1.165, 1.54) is 44.9 Å². The van der Waals surface area contributed by atoms with Crippen LogP contribution in [0.15, 0.2) is 0 Å². The Balaban J connectivity index is 1.83. The fourth-order valence-electron chi connectivity index (χ4n) is 2.58. The number of rotatable bonds is 2. The second kappa shape index (κ2) is 4.20. The summed E-state index contributed by atoms with van der Waals surface area (Å²) in [7, 11) is 0.266. The molecule has 78 valence electrons. The lowest BCUT2D eigenvalue weighted by atomic mass is 10.2. The molecule has 2 saturated heterocycles. The molecule has 0 aromatic rings. The summed E-state index contributed by atoms with van der Waals surface area (Å²) in [5, 5.41) is 0. The molecular formula is C10H22N2S. The molecule has 2 aliphatic heterocycles. The molecule has 0 aromatic heterocycles. The predicted molar refractivity (Wildman–Crippen MR) is 61.9 cm³/mol. The molecular weight excluding hydrogens is 180 g/mol. The lowest BCUT2D eigenvalue weighted by molar-refractivity contribution is 0.120. The van der Waals surface area contributed by atoms with Crippen LogP contribution in [0.25, 0.3) is 0 Å². The lowest BCUT2D eigenvalue weighted by Crippen LogP contribution is -2.50. The Morgan fingerprint density at radius 3 is 2.85 bits per heavy atom.